The van der Waals surface area contributed by atoms with Crippen LogP contribution in [0.2, 0.25) is 13.3 Å². The van der Waals surface area contributed by atoms with E-state index in [-0.39, 0.29) is 25.0 Å². The summed E-state index contributed by atoms with van der Waals surface area (Å²) in [6.07, 6.45) is 25.0. The van der Waals surface area contributed by atoms with Gasteiger partial charge in [-0.25, -0.2) is 39.9 Å². The van der Waals surface area contributed by atoms with Gasteiger partial charge in [0.25, 0.3) is 0 Å². The number of nitrogens with one attached hydrogen (secondary N) is 3. The number of unbranched alkanes of at least 4 members (excludes halogenated alkanes) is 3. The van der Waals surface area contributed by atoms with Crippen LogP contribution in [0.5, 0.6) is 0 Å². The van der Waals surface area contributed by atoms with Crippen LogP contribution >= 0.6 is 73.7 Å². The third-order valence-electron chi connectivity index (χ3n) is 22.8. The van der Waals surface area contributed by atoms with Crippen LogP contribution in [0.3, 0.4) is 0 Å². The smallest absolute Gasteiger partial charge is 0.185 e. The molecule has 656 valence electrons. The number of nitrogens with zero attached hydrogens (tertiary/aromatic N) is 17. The Bertz CT molecular complexity index is 5520. The number of aldehydes is 1. The molecule has 0 spiro atoms. The number of hydrogen-bond acceptors (Lipinski definition) is 28. The van der Waals surface area contributed by atoms with E-state index >= 15 is 0 Å². The molecule has 4 unspecified atom stereocenters. The molecule has 9 aliphatic heterocycles. The summed E-state index contributed by atoms with van der Waals surface area (Å²) < 4.78 is 28.4. The number of piperazine rings is 2. The number of piperidine rings is 2. The summed E-state index contributed by atoms with van der Waals surface area (Å²) in [7, 11) is 0. The van der Waals surface area contributed by atoms with Gasteiger partial charge in [0.1, 0.15) is 22.1 Å². The minimum Gasteiger partial charge on any atom is -0.353 e. The Hall–Kier alpha value is -9.26. The molecule has 8 fully saturated rings. The number of thiazole rings is 4. The molecule has 0 amide bonds. The number of pyridine rings is 6. The van der Waals surface area contributed by atoms with Crippen molar-refractivity contribution < 1.29 is 23.7 Å². The van der Waals surface area contributed by atoms with Crippen molar-refractivity contribution in [1.82, 2.24) is 80.2 Å². The molecular weight excluding hydrogens is 1850 g/mol. The van der Waals surface area contributed by atoms with Gasteiger partial charge in [-0.1, -0.05) is 18.2 Å². The monoisotopic (exact) mass is 1960 g/mol. The van der Waals surface area contributed by atoms with E-state index in [0.29, 0.717) is 68.4 Å². The second-order valence-corrected chi connectivity index (χ2v) is 49.1. The molecule has 0 saturated carbocycles. The maximum Gasteiger partial charge on any atom is 0.185 e. The number of halogens is 2. The molecule has 13 aromatic rings. The van der Waals surface area contributed by atoms with Crippen LogP contribution in [0, 0.1) is 20.8 Å². The van der Waals surface area contributed by atoms with Gasteiger partial charge in [-0.05, 0) is 170 Å². The SMILES string of the molecule is Brc1ccc(C2OCCO2)cn1.CC1=CC(Nc2cc(C)cc(-c3ccc(N4CC5CC(C4)N5)nc3)c2)=NC1.CCC[CH2][Sn]([CH2]CCC)([CH2]CCC)[c]1cscn1.Cc1cc(Cc2cc(C)[nH]n2)nc(-c2ccc(N3CC4CC(C3)N4Cc3ccc(-c4cscn4)nc3)nc2)n1.Cl.O=Cc1ccc(-c2cscn2)nc1.c1nc(-c2ccc(C3OCCO3)cn2)cs1. The van der Waals surface area contributed by atoms with E-state index in [0.717, 1.165) is 153 Å². The Morgan fingerprint density at radius 3 is 1.59 bits per heavy atom. The summed E-state index contributed by atoms with van der Waals surface area (Å²) in [6, 6.07) is 37.0. The molecule has 8 saturated heterocycles. The number of amidine groups is 1. The molecule has 32 heteroatoms. The van der Waals surface area contributed by atoms with Crippen LogP contribution in [0.25, 0.3) is 56.7 Å². The molecule has 126 heavy (non-hydrogen) atoms. The summed E-state index contributed by atoms with van der Waals surface area (Å²) in [4.78, 5) is 75.9. The molecule has 21 heterocycles. The molecule has 0 radical (unpaired) electrons. The van der Waals surface area contributed by atoms with Gasteiger partial charge in [0.2, 0.25) is 0 Å². The Morgan fingerprint density at radius 1 is 0.540 bits per heavy atom. The van der Waals surface area contributed by atoms with Crippen molar-refractivity contribution in [1.29, 1.82) is 0 Å². The van der Waals surface area contributed by atoms with Crippen LogP contribution in [-0.4, -0.2) is 189 Å². The van der Waals surface area contributed by atoms with Crippen LogP contribution in [0.1, 0.15) is 147 Å². The van der Waals surface area contributed by atoms with Crippen LogP contribution in [0.15, 0.2) is 205 Å². The molecule has 25 nitrogen and oxygen atoms in total. The number of H-pyrrole nitrogens is 1. The summed E-state index contributed by atoms with van der Waals surface area (Å²) in [6.45, 7) is 23.7. The van der Waals surface area contributed by atoms with E-state index < -0.39 is 18.4 Å². The van der Waals surface area contributed by atoms with Gasteiger partial charge < -0.3 is 39.4 Å². The first kappa shape index (κ1) is 92.9. The van der Waals surface area contributed by atoms with Crippen molar-refractivity contribution in [3.8, 4) is 56.7 Å². The van der Waals surface area contributed by atoms with Crippen molar-refractivity contribution >= 4 is 125 Å². The normalized spacial score (nSPS) is 17.5. The maximum atomic E-state index is 10.4. The number of benzene rings is 1. The van der Waals surface area contributed by atoms with Crippen molar-refractivity contribution in [2.24, 2.45) is 4.99 Å². The quantitative estimate of drug-likeness (QED) is 0.0272. The average Bonchev–Trinajstić information content (AvgIpc) is 0.789. The van der Waals surface area contributed by atoms with E-state index in [9.17, 15) is 4.79 Å². The number of ether oxygens (including phenoxy) is 4. The second-order valence-electron chi connectivity index (χ2n) is 32.4. The predicted octanol–water partition coefficient (Wildman–Crippen LogP) is 19.6. The van der Waals surface area contributed by atoms with E-state index in [1.165, 1.54) is 98.3 Å². The van der Waals surface area contributed by atoms with Crippen LogP contribution in [0.4, 0.5) is 17.3 Å². The fourth-order valence-electron chi connectivity index (χ4n) is 16.3. The van der Waals surface area contributed by atoms with Gasteiger partial charge in [-0.3, -0.25) is 34.7 Å². The van der Waals surface area contributed by atoms with Crippen LogP contribution in [-0.2, 0) is 31.9 Å². The van der Waals surface area contributed by atoms with E-state index in [1.54, 1.807) is 68.1 Å². The van der Waals surface area contributed by atoms with Crippen molar-refractivity contribution in [2.45, 2.75) is 163 Å². The summed E-state index contributed by atoms with van der Waals surface area (Å²) >= 11 is 7.62. The summed E-state index contributed by atoms with van der Waals surface area (Å²) in [5.41, 5.74) is 27.3. The number of aromatic amines is 1. The molecule has 22 rings (SSSR count). The topological polar surface area (TPSA) is 283 Å². The van der Waals surface area contributed by atoms with Crippen LogP contribution < -0.4 is 24.1 Å². The Morgan fingerprint density at radius 2 is 1.10 bits per heavy atom. The first-order chi connectivity index (χ1) is 61.2. The predicted molar refractivity (Wildman–Crippen MR) is 514 cm³/mol. The van der Waals surface area contributed by atoms with Crippen molar-refractivity contribution in [3.05, 3.63) is 251 Å². The van der Waals surface area contributed by atoms with Gasteiger partial charge in [0.05, 0.1) is 95.1 Å². The first-order valence-electron chi connectivity index (χ1n) is 43.0. The van der Waals surface area contributed by atoms with E-state index in [4.69, 9.17) is 38.9 Å². The average molecular weight is 1960 g/mol. The molecule has 3 N–H and O–H groups in total. The summed E-state index contributed by atoms with van der Waals surface area (Å²) in [5, 5.41) is 22.7. The molecule has 4 atom stereocenters. The zero-order chi connectivity index (χ0) is 86.3. The number of aryl methyl sites for hydroxylation is 3. The number of aliphatic imine (C=N–C) groups is 1. The minimum atomic E-state index is -2.13. The fourth-order valence-corrected chi connectivity index (χ4v) is 36.0. The number of fused-ring (bicyclic) bond motifs is 4. The fraction of sp³-hybridized carbons (Fsp3) is 0.372. The minimum absolute atomic E-state index is 0. The Balaban J connectivity index is 0.000000130. The Kier molecular flexibility index (Phi) is 34.0. The van der Waals surface area contributed by atoms with Crippen molar-refractivity contribution in [3.63, 3.8) is 0 Å². The number of carbonyl (C=O) groups is 1. The third kappa shape index (κ3) is 25.4. The number of hydrogen-bond donors (Lipinski definition) is 3. The van der Waals surface area contributed by atoms with Gasteiger partial charge in [-0.2, -0.15) is 5.10 Å². The molecule has 9 aliphatic rings. The number of anilines is 3. The standard InChI is InChI=1S/C29H29N9S.C22H25N5.C11H10N2O2S.C9H6N2OS.C8H8BrNO2.3C4H9.C3H2NS.ClH.Sn/c1-18-7-22(9-23-8-19(2)35-36-23)34-29(33-18)21-4-6-28(31-12-21)37-14-24-10-25(15-37)38(24)13-20-3-5-26(30-11-20)27-16-39-17-32-27;1-14-5-17(8-18(6-14)26-21-7-15(2)10-23-21)16-3-4-22(24-11-16)27-12-19-9-20(13-27)25-19;1-2-9(10-6-16-7-13-10)12-5-8(1)11-14-3-4-15-11;12-4-7-1-2-8(10-3-7)9-5-13-6-11-9;9-7-2-1-6(5-10-7)8-11-3-4-12-8;3*1-3-4-2;1-2-5-3-4-1;;/h3-8,11-12,16-17,24-25H,9-10,13-15H2,1-2H3,(H,35,36);3-8,11,19-20,25H,9-10,12-13H2,1-2H3,(H,23,26);1-2,5-7,11H,3-4H2;1-6H;1-2,5,8H,3-4H2;3*1,3-4H2,2H3;2-3H;1H;. The molecule has 4 bridgehead atoms. The summed E-state index contributed by atoms with van der Waals surface area (Å²) in [5.74, 6) is 3.75. The number of aromatic nitrogens is 14. The second kappa shape index (κ2) is 46.1. The third-order valence-corrected chi connectivity index (χ3v) is 41.3. The van der Waals surface area contributed by atoms with E-state index in [2.05, 4.69) is 203 Å². The number of rotatable bonds is 25. The van der Waals surface area contributed by atoms with Gasteiger partial charge in [0, 0.05) is 162 Å². The first-order valence-corrected chi connectivity index (χ1v) is 55.1. The molecule has 12 aromatic heterocycles. The van der Waals surface area contributed by atoms with Gasteiger partial charge in [-0.15, -0.1) is 46.4 Å². The van der Waals surface area contributed by atoms with E-state index in [1.807, 2.05) is 102 Å². The molecular formula is C94H108BrClN20O5S4Sn. The largest absolute Gasteiger partial charge is 0.353 e. The van der Waals surface area contributed by atoms with Gasteiger partial charge in [0.15, 0.2) is 24.7 Å². The Labute approximate surface area is 772 Å². The van der Waals surface area contributed by atoms with Gasteiger partial charge >= 0.3 is 122 Å². The molecule has 0 aliphatic carbocycles. The van der Waals surface area contributed by atoms with Crippen molar-refractivity contribution in [2.75, 3.05) is 74.3 Å². The number of carbonyl (C=O) groups excluding carboxylic acids is 1. The molecule has 1 aromatic carbocycles. The maximum absolute atomic E-state index is 10.4. The zero-order valence-corrected chi connectivity index (χ0v) is 80.7. The zero-order valence-electron chi connectivity index (χ0n) is 72.1.